The van der Waals surface area contributed by atoms with E-state index in [1.165, 1.54) is 21.0 Å². The Labute approximate surface area is 500 Å². The Kier molecular flexibility index (Phi) is 19.6. The topological polar surface area (TPSA) is 398 Å². The monoisotopic (exact) mass is 1210 g/mol. The molecule has 4 aliphatic carbocycles. The summed E-state index contributed by atoms with van der Waals surface area (Å²) < 4.78 is 99.9. The summed E-state index contributed by atoms with van der Waals surface area (Å²) in [7, 11) is -4.23. The van der Waals surface area contributed by atoms with Crippen LogP contribution >= 0.6 is 0 Å². The molecule has 28 heteroatoms. The van der Waals surface area contributed by atoms with Gasteiger partial charge in [0.15, 0.2) is 25.2 Å². The fourth-order valence-corrected chi connectivity index (χ4v) is 16.9. The Morgan fingerprint density at radius 1 is 0.732 bits per heavy atom. The second-order valence-corrected chi connectivity index (χ2v) is 27.4. The van der Waals surface area contributed by atoms with E-state index in [-0.39, 0.29) is 47.8 Å². The molecule has 9 aliphatic rings. The van der Waals surface area contributed by atoms with E-state index in [2.05, 4.69) is 11.1 Å². The van der Waals surface area contributed by atoms with Crippen molar-refractivity contribution in [1.82, 2.24) is 0 Å². The van der Waals surface area contributed by atoms with Crippen molar-refractivity contribution in [2.45, 2.75) is 266 Å². The van der Waals surface area contributed by atoms with Gasteiger partial charge in [-0.15, -0.1) is 0 Å². The molecule has 5 saturated heterocycles. The quantitative estimate of drug-likeness (QED) is 0.0173. The smallest absolute Gasteiger partial charge is 0.726 e. The standard InChI is InChI=1S/C54H88O26S.Na/c1-23-32(57)41(77-45-37(62)40(70-10)33(58)27(21-55)74-45)38(63)44(72-23)76-39-24(2)73-43(36(61)35(39)60)78-42-34(59)28(80-81(67,68)69)22-71-46(42)75-31-14-17-50(7)26-20-30(56)54-47(64)79-52(9,16-11-15-48(3,4)65)53(54,66)19-18-51(54,8)25(26)12-13-29(50)49(31,5)6;/h20,23-25,27-46,55-63,65-66H,11-19,21-22H2,1-10H3,(H,67,68,69);/q;+1/p-1/t23-,24-,25?,27-,28-,29?,30+,31?,32-,33-,34+,35-,36-,37-,38-,39-,40+,41+,42-,43+,44+,45+,46+,50-,51+,52+,53+,54?;/m1./s1. The first-order valence-corrected chi connectivity index (χ1v) is 29.7. The average Bonchev–Trinajstić information content (AvgIpc) is 1.54. The fourth-order valence-electron chi connectivity index (χ4n) is 16.4. The van der Waals surface area contributed by atoms with Crippen molar-refractivity contribution < 1.29 is 155 Å². The largest absolute Gasteiger partial charge is 1.00 e. The number of esters is 1. The van der Waals surface area contributed by atoms with Crippen LogP contribution in [0.1, 0.15) is 120 Å². The zero-order valence-electron chi connectivity index (χ0n) is 48.6. The van der Waals surface area contributed by atoms with Gasteiger partial charge in [0.05, 0.1) is 43.2 Å². The van der Waals surface area contributed by atoms with Crippen molar-refractivity contribution in [3.05, 3.63) is 11.6 Å². The number of methoxy groups -OCH3 is 1. The Bertz CT molecular complexity index is 2420. The van der Waals surface area contributed by atoms with Gasteiger partial charge >= 0.3 is 35.5 Å². The van der Waals surface area contributed by atoms with Crippen LogP contribution in [0.5, 0.6) is 0 Å². The van der Waals surface area contributed by atoms with E-state index in [0.29, 0.717) is 51.4 Å². The van der Waals surface area contributed by atoms with E-state index < -0.39 is 197 Å². The number of aliphatic hydroxyl groups is 11. The molecule has 8 fully saturated rings. The molecule has 28 atom stereocenters. The van der Waals surface area contributed by atoms with Gasteiger partial charge in [0.1, 0.15) is 96.0 Å². The van der Waals surface area contributed by atoms with E-state index >= 15 is 0 Å². The summed E-state index contributed by atoms with van der Waals surface area (Å²) in [6.07, 6.45) is -27.2. The Morgan fingerprint density at radius 2 is 1.34 bits per heavy atom. The molecule has 9 rings (SSSR count). The number of allylic oxidation sites excluding steroid dienone is 1. The first-order chi connectivity index (χ1) is 37.6. The molecule has 1 spiro atoms. The molecule has 5 heterocycles. The number of ether oxygens (including phenoxy) is 10. The minimum atomic E-state index is -5.43. The minimum absolute atomic E-state index is 0. The van der Waals surface area contributed by atoms with Crippen LogP contribution in [0.25, 0.3) is 0 Å². The summed E-state index contributed by atoms with van der Waals surface area (Å²) in [4.78, 5) is 14.5. The third kappa shape index (κ3) is 11.1. The van der Waals surface area contributed by atoms with Crippen molar-refractivity contribution in [3.63, 3.8) is 0 Å². The van der Waals surface area contributed by atoms with Gasteiger partial charge in [-0.3, -0.25) is 8.98 Å². The van der Waals surface area contributed by atoms with Gasteiger partial charge in [-0.05, 0) is 120 Å². The van der Waals surface area contributed by atoms with Gasteiger partial charge in [-0.2, -0.15) is 0 Å². The molecule has 3 saturated carbocycles. The summed E-state index contributed by atoms with van der Waals surface area (Å²) in [5.41, 5.74) is -6.81. The van der Waals surface area contributed by atoms with Crippen LogP contribution in [0.4, 0.5) is 0 Å². The third-order valence-corrected chi connectivity index (χ3v) is 21.2. The molecule has 0 bridgehead atoms. The van der Waals surface area contributed by atoms with Crippen LogP contribution in [-0.2, 0) is 66.7 Å². The van der Waals surface area contributed by atoms with Crippen LogP contribution in [-0.4, -0.2) is 241 Å². The number of hydrogen-bond acceptors (Lipinski definition) is 26. The molecule has 0 aromatic carbocycles. The summed E-state index contributed by atoms with van der Waals surface area (Å²) in [6, 6.07) is 0. The van der Waals surface area contributed by atoms with Crippen molar-refractivity contribution in [2.75, 3.05) is 20.3 Å². The number of carbonyl (C=O) groups is 1. The third-order valence-electron chi connectivity index (χ3n) is 20.7. The normalized spacial score (nSPS) is 51.2. The van der Waals surface area contributed by atoms with Crippen molar-refractivity contribution in [3.8, 4) is 0 Å². The number of carbonyl (C=O) groups excluding carboxylic acids is 1. The van der Waals surface area contributed by atoms with Gasteiger partial charge in [0, 0.05) is 7.11 Å². The minimum Gasteiger partial charge on any atom is -0.726 e. The number of hydrogen-bond donors (Lipinski definition) is 11. The maximum absolute atomic E-state index is 14.5. The maximum atomic E-state index is 14.5. The Morgan fingerprint density at radius 3 is 1.98 bits per heavy atom. The second kappa shape index (κ2) is 23.9. The van der Waals surface area contributed by atoms with E-state index in [0.717, 1.165) is 5.57 Å². The predicted octanol–water partition coefficient (Wildman–Crippen LogP) is -4.59. The van der Waals surface area contributed by atoms with Gasteiger partial charge in [0.2, 0.25) is 10.4 Å². The zero-order chi connectivity index (χ0) is 59.7. The van der Waals surface area contributed by atoms with E-state index in [9.17, 15) is 73.9 Å². The van der Waals surface area contributed by atoms with Crippen LogP contribution in [0.2, 0.25) is 0 Å². The average molecular weight is 1210 g/mol. The van der Waals surface area contributed by atoms with Crippen LogP contribution in [0.15, 0.2) is 11.6 Å². The first-order valence-electron chi connectivity index (χ1n) is 28.4. The summed E-state index contributed by atoms with van der Waals surface area (Å²) in [5, 5.41) is 125. The van der Waals surface area contributed by atoms with E-state index in [4.69, 9.17) is 47.4 Å². The SMILES string of the molecule is CO[C@@H]1[C@@H](O)[C@H](O[C@@H]2[C@@H](O)[C@H](O[C@H]3[C@H](O)[C@@H](O)[C@H](O[C@H]4[C@H](OC5CC[C@]6(C)C7=C[C@H](O)C89C(=O)O[C@@](C)(CCCC(C)(C)O)[C@@]8(O)CC[C@@]9(C)C7CCC6C5(C)C)OC[C@@H](OS(=O)(=O)[O-])[C@@H]4O)O[C@@H]3C)O[C@H](C)[C@H]2O)O[C@H](CO)[C@H]1O.[Na+]. The number of aliphatic hydroxyl groups excluding tert-OH is 9. The zero-order valence-corrected chi connectivity index (χ0v) is 51.4. The second-order valence-electron chi connectivity index (χ2n) is 26.3. The number of fused-ring (bicyclic) bond motifs is 4. The van der Waals surface area contributed by atoms with Crippen LogP contribution < -0.4 is 29.6 Å². The van der Waals surface area contributed by atoms with Crippen molar-refractivity contribution in [2.24, 2.45) is 33.5 Å². The molecular formula is C54H87NaO26S. The van der Waals surface area contributed by atoms with Crippen LogP contribution in [0.3, 0.4) is 0 Å². The van der Waals surface area contributed by atoms with Crippen LogP contribution in [0, 0.1) is 33.5 Å². The molecule has 5 aliphatic heterocycles. The van der Waals surface area contributed by atoms with Gasteiger partial charge < -0.3 is 108 Å². The predicted molar refractivity (Wildman–Crippen MR) is 272 cm³/mol. The molecule has 82 heavy (non-hydrogen) atoms. The van der Waals surface area contributed by atoms with Crippen molar-refractivity contribution >= 4 is 16.4 Å². The number of cyclic esters (lactones) is 1. The molecule has 0 aromatic heterocycles. The Balaban J connectivity index is 0.00000880. The molecule has 0 radical (unpaired) electrons. The van der Waals surface area contributed by atoms with E-state index in [1.807, 2.05) is 20.8 Å². The molecule has 26 nitrogen and oxygen atoms in total. The molecule has 11 N–H and O–H groups in total. The summed E-state index contributed by atoms with van der Waals surface area (Å²) in [5.74, 6) is -0.973. The van der Waals surface area contributed by atoms with Crippen molar-refractivity contribution in [1.29, 1.82) is 0 Å². The molecule has 0 aromatic rings. The Hall–Kier alpha value is -0.720. The van der Waals surface area contributed by atoms with Gasteiger partial charge in [-0.25, -0.2) is 8.42 Å². The summed E-state index contributed by atoms with van der Waals surface area (Å²) >= 11 is 0. The van der Waals surface area contributed by atoms with E-state index in [1.54, 1.807) is 26.8 Å². The first kappa shape index (κ1) is 67.2. The molecule has 466 valence electrons. The fraction of sp³-hybridized carbons (Fsp3) is 0.944. The molecule has 0 amide bonds. The van der Waals surface area contributed by atoms with Gasteiger partial charge in [-0.1, -0.05) is 39.3 Å². The van der Waals surface area contributed by atoms with Gasteiger partial charge in [0.25, 0.3) is 0 Å². The maximum Gasteiger partial charge on any atom is 1.00 e. The molecular weight excluding hydrogens is 1120 g/mol. The number of rotatable bonds is 16. The molecule has 4 unspecified atom stereocenters. The summed E-state index contributed by atoms with van der Waals surface area (Å²) in [6.45, 7) is 14.8.